The van der Waals surface area contributed by atoms with Gasteiger partial charge >= 0.3 is 0 Å². The van der Waals surface area contributed by atoms with Crippen molar-refractivity contribution in [2.24, 2.45) is 0 Å². The Labute approximate surface area is 111 Å². The zero-order valence-electron chi connectivity index (χ0n) is 10.4. The summed E-state index contributed by atoms with van der Waals surface area (Å²) in [5.74, 6) is 0. The van der Waals surface area contributed by atoms with Crippen LogP contribution in [0.3, 0.4) is 0 Å². The number of hydrogen-bond donors (Lipinski definition) is 1. The number of benzene rings is 1. The smallest absolute Gasteiger partial charge is 0.0645 e. The predicted octanol–water partition coefficient (Wildman–Crippen LogP) is 2.88. The minimum atomic E-state index is 0.735. The maximum Gasteiger partial charge on any atom is 0.0645 e. The monoisotopic (exact) mass is 250 g/mol. The maximum atomic E-state index is 4.36. The lowest BCUT2D eigenvalue weighted by Gasteiger charge is -2.03. The van der Waals surface area contributed by atoms with Crippen molar-refractivity contribution in [3.05, 3.63) is 72.8 Å². The number of anilines is 1. The summed E-state index contributed by atoms with van der Waals surface area (Å²) in [5, 5.41) is 7.67. The molecule has 4 heteroatoms. The molecule has 0 aliphatic carbocycles. The summed E-state index contributed by atoms with van der Waals surface area (Å²) in [6.45, 7) is 0.735. The van der Waals surface area contributed by atoms with Crippen LogP contribution in [-0.4, -0.2) is 14.8 Å². The van der Waals surface area contributed by atoms with Crippen molar-refractivity contribution in [1.82, 2.24) is 14.8 Å². The van der Waals surface area contributed by atoms with Crippen LogP contribution in [0, 0.1) is 0 Å². The van der Waals surface area contributed by atoms with Crippen LogP contribution >= 0.6 is 0 Å². The SMILES string of the molecule is c1ccc(-n2cc(CNc3cccnc3)cn2)cc1. The quantitative estimate of drug-likeness (QED) is 0.774. The molecule has 4 nitrogen and oxygen atoms in total. The Morgan fingerprint density at radius 2 is 1.89 bits per heavy atom. The Bertz CT molecular complexity index is 632. The molecule has 3 aromatic rings. The van der Waals surface area contributed by atoms with Gasteiger partial charge in [0.15, 0.2) is 0 Å². The van der Waals surface area contributed by atoms with Gasteiger partial charge in [-0.25, -0.2) is 4.68 Å². The summed E-state index contributed by atoms with van der Waals surface area (Å²) in [6.07, 6.45) is 7.47. The molecule has 0 fully saturated rings. The molecule has 2 aromatic heterocycles. The molecule has 0 saturated heterocycles. The maximum absolute atomic E-state index is 4.36. The van der Waals surface area contributed by atoms with Crippen molar-refractivity contribution in [3.63, 3.8) is 0 Å². The molecule has 1 N–H and O–H groups in total. The minimum absolute atomic E-state index is 0.735. The first-order valence-corrected chi connectivity index (χ1v) is 6.15. The number of nitrogens with zero attached hydrogens (tertiary/aromatic N) is 3. The van der Waals surface area contributed by atoms with Gasteiger partial charge in [0.2, 0.25) is 0 Å². The van der Waals surface area contributed by atoms with Gasteiger partial charge in [0, 0.05) is 30.7 Å². The Morgan fingerprint density at radius 1 is 1.00 bits per heavy atom. The highest BCUT2D eigenvalue weighted by molar-refractivity contribution is 5.40. The highest BCUT2D eigenvalue weighted by Gasteiger charge is 2.00. The lowest BCUT2D eigenvalue weighted by molar-refractivity contribution is 0.880. The summed E-state index contributed by atoms with van der Waals surface area (Å²) < 4.78 is 1.88. The first-order valence-electron chi connectivity index (χ1n) is 6.15. The van der Waals surface area contributed by atoms with Gasteiger partial charge in [-0.2, -0.15) is 5.10 Å². The number of rotatable bonds is 4. The Hall–Kier alpha value is -2.62. The molecule has 0 bridgehead atoms. The van der Waals surface area contributed by atoms with Crippen LogP contribution in [0.2, 0.25) is 0 Å². The van der Waals surface area contributed by atoms with E-state index in [-0.39, 0.29) is 0 Å². The van der Waals surface area contributed by atoms with Gasteiger partial charge in [-0.15, -0.1) is 0 Å². The fourth-order valence-corrected chi connectivity index (χ4v) is 1.84. The molecule has 0 aliphatic heterocycles. The van der Waals surface area contributed by atoms with Crippen molar-refractivity contribution >= 4 is 5.69 Å². The predicted molar refractivity (Wildman–Crippen MR) is 75.1 cm³/mol. The van der Waals surface area contributed by atoms with Crippen LogP contribution in [0.5, 0.6) is 0 Å². The van der Waals surface area contributed by atoms with Crippen molar-refractivity contribution in [2.45, 2.75) is 6.54 Å². The van der Waals surface area contributed by atoms with Gasteiger partial charge in [-0.05, 0) is 24.3 Å². The first kappa shape index (κ1) is 11.5. The van der Waals surface area contributed by atoms with E-state index in [1.54, 1.807) is 6.20 Å². The second-order valence-corrected chi connectivity index (χ2v) is 4.22. The van der Waals surface area contributed by atoms with Crippen molar-refractivity contribution in [1.29, 1.82) is 0 Å². The van der Waals surface area contributed by atoms with Crippen molar-refractivity contribution in [3.8, 4) is 5.69 Å². The first-order chi connectivity index (χ1) is 9.42. The van der Waals surface area contributed by atoms with E-state index in [1.807, 2.05) is 65.7 Å². The van der Waals surface area contributed by atoms with E-state index < -0.39 is 0 Å². The average molecular weight is 250 g/mol. The third kappa shape index (κ3) is 2.80. The Balaban J connectivity index is 1.69. The topological polar surface area (TPSA) is 42.7 Å². The largest absolute Gasteiger partial charge is 0.380 e. The fourth-order valence-electron chi connectivity index (χ4n) is 1.84. The van der Waals surface area contributed by atoms with Crippen molar-refractivity contribution in [2.75, 3.05) is 5.32 Å². The normalized spacial score (nSPS) is 10.3. The van der Waals surface area contributed by atoms with Crippen LogP contribution in [0.25, 0.3) is 5.69 Å². The Kier molecular flexibility index (Phi) is 3.23. The third-order valence-corrected chi connectivity index (χ3v) is 2.81. The number of para-hydroxylation sites is 1. The molecule has 3 rings (SSSR count). The van der Waals surface area contributed by atoms with Crippen LogP contribution < -0.4 is 5.32 Å². The number of aromatic nitrogens is 3. The molecule has 1 aromatic carbocycles. The molecule has 0 amide bonds. The average Bonchev–Trinajstić information content (AvgIpc) is 2.96. The zero-order chi connectivity index (χ0) is 12.9. The minimum Gasteiger partial charge on any atom is -0.380 e. The molecular formula is C15H14N4. The van der Waals surface area contributed by atoms with E-state index in [0.29, 0.717) is 0 Å². The molecule has 0 unspecified atom stereocenters. The molecule has 0 spiro atoms. The van der Waals surface area contributed by atoms with E-state index in [1.165, 1.54) is 0 Å². The van der Waals surface area contributed by atoms with Gasteiger partial charge < -0.3 is 5.32 Å². The van der Waals surface area contributed by atoms with E-state index in [0.717, 1.165) is 23.5 Å². The van der Waals surface area contributed by atoms with Crippen LogP contribution in [0.4, 0.5) is 5.69 Å². The third-order valence-electron chi connectivity index (χ3n) is 2.81. The second-order valence-electron chi connectivity index (χ2n) is 4.22. The molecule has 94 valence electrons. The summed E-state index contributed by atoms with van der Waals surface area (Å²) in [6, 6.07) is 14.0. The van der Waals surface area contributed by atoms with E-state index in [2.05, 4.69) is 15.4 Å². The number of hydrogen-bond acceptors (Lipinski definition) is 3. The lowest BCUT2D eigenvalue weighted by Crippen LogP contribution is -1.98. The van der Waals surface area contributed by atoms with Crippen molar-refractivity contribution < 1.29 is 0 Å². The van der Waals surface area contributed by atoms with E-state index in [9.17, 15) is 0 Å². The van der Waals surface area contributed by atoms with Gasteiger partial charge in [0.05, 0.1) is 17.6 Å². The molecule has 0 saturated carbocycles. The van der Waals surface area contributed by atoms with Gasteiger partial charge in [-0.3, -0.25) is 4.98 Å². The van der Waals surface area contributed by atoms with Crippen LogP contribution in [0.15, 0.2) is 67.3 Å². The Morgan fingerprint density at radius 3 is 2.68 bits per heavy atom. The second kappa shape index (κ2) is 5.35. The van der Waals surface area contributed by atoms with Gasteiger partial charge in [0.1, 0.15) is 0 Å². The van der Waals surface area contributed by atoms with E-state index >= 15 is 0 Å². The number of pyridine rings is 1. The van der Waals surface area contributed by atoms with E-state index in [4.69, 9.17) is 0 Å². The molecule has 2 heterocycles. The highest BCUT2D eigenvalue weighted by atomic mass is 15.3. The highest BCUT2D eigenvalue weighted by Crippen LogP contribution is 2.10. The fraction of sp³-hybridized carbons (Fsp3) is 0.0667. The molecule has 0 aliphatic rings. The molecular weight excluding hydrogens is 236 g/mol. The van der Waals surface area contributed by atoms with Gasteiger partial charge in [0.25, 0.3) is 0 Å². The van der Waals surface area contributed by atoms with Crippen LogP contribution in [-0.2, 0) is 6.54 Å². The summed E-state index contributed by atoms with van der Waals surface area (Å²) in [4.78, 5) is 4.07. The molecule has 0 atom stereocenters. The number of nitrogens with one attached hydrogen (secondary N) is 1. The molecule has 0 radical (unpaired) electrons. The summed E-state index contributed by atoms with van der Waals surface area (Å²) in [7, 11) is 0. The van der Waals surface area contributed by atoms with Crippen LogP contribution in [0.1, 0.15) is 5.56 Å². The lowest BCUT2D eigenvalue weighted by atomic mass is 10.3. The summed E-state index contributed by atoms with van der Waals surface area (Å²) >= 11 is 0. The molecule has 19 heavy (non-hydrogen) atoms. The summed E-state index contributed by atoms with van der Waals surface area (Å²) in [5.41, 5.74) is 3.21. The van der Waals surface area contributed by atoms with Gasteiger partial charge in [-0.1, -0.05) is 18.2 Å². The standard InChI is InChI=1S/C15H14N4/c1-2-6-15(7-3-1)19-12-13(10-18-19)9-17-14-5-4-8-16-11-14/h1-8,10-12,17H,9H2. The zero-order valence-corrected chi connectivity index (χ0v) is 10.4.